The number of carbonyl (C=O) groups excluding carboxylic acids is 2. The number of aromatic nitrogens is 1. The number of pyridine rings is 1. The highest BCUT2D eigenvalue weighted by molar-refractivity contribution is 5.94. The first-order chi connectivity index (χ1) is 11.1. The summed E-state index contributed by atoms with van der Waals surface area (Å²) in [4.78, 5) is 42.4. The Labute approximate surface area is 135 Å². The van der Waals surface area contributed by atoms with Gasteiger partial charge in [0.25, 0.3) is 11.5 Å². The summed E-state index contributed by atoms with van der Waals surface area (Å²) in [6.07, 6.45) is 6.98. The molecule has 3 rings (SSSR count). The van der Waals surface area contributed by atoms with E-state index < -0.39 is 0 Å². The van der Waals surface area contributed by atoms with Gasteiger partial charge in [-0.2, -0.15) is 0 Å². The van der Waals surface area contributed by atoms with E-state index in [1.807, 2.05) is 4.90 Å². The summed E-state index contributed by atoms with van der Waals surface area (Å²) in [5, 5.41) is 0. The first kappa shape index (κ1) is 15.8. The van der Waals surface area contributed by atoms with Gasteiger partial charge in [0, 0.05) is 38.8 Å². The predicted octanol–water partition coefficient (Wildman–Crippen LogP) is 1.24. The van der Waals surface area contributed by atoms with Crippen molar-refractivity contribution in [3.05, 3.63) is 34.2 Å². The number of rotatable bonds is 3. The molecule has 6 nitrogen and oxygen atoms in total. The molecule has 0 spiro atoms. The number of hydrogen-bond donors (Lipinski definition) is 1. The zero-order valence-electron chi connectivity index (χ0n) is 13.3. The summed E-state index contributed by atoms with van der Waals surface area (Å²) in [5.41, 5.74) is -0.199. The SMILES string of the molecule is O=C(CC1CCCC1)N1CCN(C(=O)c2ccc[nH]c2=O)CC1. The normalized spacial score (nSPS) is 19.1. The van der Waals surface area contributed by atoms with Crippen molar-refractivity contribution in [2.24, 2.45) is 5.92 Å². The van der Waals surface area contributed by atoms with E-state index in [0.717, 1.165) is 0 Å². The largest absolute Gasteiger partial charge is 0.339 e. The molecule has 0 radical (unpaired) electrons. The van der Waals surface area contributed by atoms with Crippen LogP contribution in [0.25, 0.3) is 0 Å². The van der Waals surface area contributed by atoms with Crippen molar-refractivity contribution >= 4 is 11.8 Å². The Bertz CT molecular complexity index is 626. The predicted molar refractivity (Wildman–Crippen MR) is 86.1 cm³/mol. The van der Waals surface area contributed by atoms with E-state index >= 15 is 0 Å². The van der Waals surface area contributed by atoms with Gasteiger partial charge in [-0.1, -0.05) is 12.8 Å². The van der Waals surface area contributed by atoms with E-state index in [9.17, 15) is 14.4 Å². The second kappa shape index (κ2) is 6.98. The first-order valence-electron chi connectivity index (χ1n) is 8.40. The molecule has 2 fully saturated rings. The average Bonchev–Trinajstić information content (AvgIpc) is 3.08. The highest BCUT2D eigenvalue weighted by atomic mass is 16.2. The minimum absolute atomic E-state index is 0.165. The summed E-state index contributed by atoms with van der Waals surface area (Å²) in [6.45, 7) is 2.09. The summed E-state index contributed by atoms with van der Waals surface area (Å²) >= 11 is 0. The lowest BCUT2D eigenvalue weighted by Gasteiger charge is -2.35. The zero-order valence-corrected chi connectivity index (χ0v) is 13.3. The van der Waals surface area contributed by atoms with Crippen LogP contribution in [0, 0.1) is 5.92 Å². The molecule has 1 N–H and O–H groups in total. The molecular formula is C17H23N3O3. The monoisotopic (exact) mass is 317 g/mol. The number of nitrogens with one attached hydrogen (secondary N) is 1. The van der Waals surface area contributed by atoms with Gasteiger partial charge in [-0.05, 0) is 30.9 Å². The molecule has 0 atom stereocenters. The van der Waals surface area contributed by atoms with E-state index in [4.69, 9.17) is 0 Å². The van der Waals surface area contributed by atoms with Crippen LogP contribution in [0.4, 0.5) is 0 Å². The smallest absolute Gasteiger partial charge is 0.260 e. The van der Waals surface area contributed by atoms with Crippen molar-refractivity contribution in [2.45, 2.75) is 32.1 Å². The Morgan fingerprint density at radius 2 is 1.74 bits per heavy atom. The Morgan fingerprint density at radius 3 is 2.39 bits per heavy atom. The van der Waals surface area contributed by atoms with Crippen LogP contribution in [0.2, 0.25) is 0 Å². The second-order valence-corrected chi connectivity index (χ2v) is 6.44. The fraction of sp³-hybridized carbons (Fsp3) is 0.588. The summed E-state index contributed by atoms with van der Waals surface area (Å²) < 4.78 is 0. The molecule has 0 aromatic carbocycles. The molecule has 1 saturated heterocycles. The van der Waals surface area contributed by atoms with Crippen molar-refractivity contribution in [3.63, 3.8) is 0 Å². The van der Waals surface area contributed by atoms with Crippen molar-refractivity contribution in [3.8, 4) is 0 Å². The van der Waals surface area contributed by atoms with Crippen LogP contribution in [0.5, 0.6) is 0 Å². The highest BCUT2D eigenvalue weighted by Crippen LogP contribution is 2.28. The van der Waals surface area contributed by atoms with Gasteiger partial charge in [0.15, 0.2) is 0 Å². The van der Waals surface area contributed by atoms with Gasteiger partial charge in [0.2, 0.25) is 5.91 Å². The molecule has 1 aromatic rings. The van der Waals surface area contributed by atoms with Gasteiger partial charge >= 0.3 is 0 Å². The van der Waals surface area contributed by atoms with Crippen LogP contribution in [-0.2, 0) is 4.79 Å². The van der Waals surface area contributed by atoms with Crippen LogP contribution < -0.4 is 5.56 Å². The van der Waals surface area contributed by atoms with Gasteiger partial charge in [-0.15, -0.1) is 0 Å². The van der Waals surface area contributed by atoms with Gasteiger partial charge in [-0.25, -0.2) is 0 Å². The van der Waals surface area contributed by atoms with Gasteiger partial charge in [0.05, 0.1) is 0 Å². The van der Waals surface area contributed by atoms with E-state index in [0.29, 0.717) is 38.5 Å². The maximum absolute atomic E-state index is 12.4. The quantitative estimate of drug-likeness (QED) is 0.911. The van der Waals surface area contributed by atoms with Crippen molar-refractivity contribution in [1.82, 2.24) is 14.8 Å². The molecular weight excluding hydrogens is 294 g/mol. The standard InChI is InChI=1S/C17H23N3O3/c21-15(12-13-4-1-2-5-13)19-8-10-20(11-9-19)17(23)14-6-3-7-18-16(14)22/h3,6-7,13H,1-2,4-5,8-12H2,(H,18,22). The number of nitrogens with zero attached hydrogens (tertiary/aromatic N) is 2. The van der Waals surface area contributed by atoms with Crippen molar-refractivity contribution < 1.29 is 9.59 Å². The number of hydrogen-bond acceptors (Lipinski definition) is 3. The minimum atomic E-state index is -0.364. The zero-order chi connectivity index (χ0) is 16.2. The molecule has 2 heterocycles. The first-order valence-corrected chi connectivity index (χ1v) is 8.40. The molecule has 0 unspecified atom stereocenters. The Morgan fingerprint density at radius 1 is 1.09 bits per heavy atom. The molecule has 2 amide bonds. The van der Waals surface area contributed by atoms with Gasteiger partial charge in [-0.3, -0.25) is 14.4 Å². The molecule has 6 heteroatoms. The topological polar surface area (TPSA) is 73.5 Å². The second-order valence-electron chi connectivity index (χ2n) is 6.44. The fourth-order valence-corrected chi connectivity index (χ4v) is 3.51. The number of aromatic amines is 1. The number of carbonyl (C=O) groups is 2. The van der Waals surface area contributed by atoms with Crippen LogP contribution in [0.1, 0.15) is 42.5 Å². The number of H-pyrrole nitrogens is 1. The lowest BCUT2D eigenvalue weighted by Crippen LogP contribution is -2.51. The van der Waals surface area contributed by atoms with Crippen LogP contribution >= 0.6 is 0 Å². The number of amides is 2. The molecule has 1 aliphatic carbocycles. The van der Waals surface area contributed by atoms with Gasteiger partial charge in [0.1, 0.15) is 5.56 Å². The third kappa shape index (κ3) is 3.63. The average molecular weight is 317 g/mol. The van der Waals surface area contributed by atoms with E-state index in [-0.39, 0.29) is 22.9 Å². The van der Waals surface area contributed by atoms with E-state index in [1.165, 1.54) is 31.9 Å². The van der Waals surface area contributed by atoms with Crippen molar-refractivity contribution in [2.75, 3.05) is 26.2 Å². The maximum Gasteiger partial charge on any atom is 0.260 e. The summed E-state index contributed by atoms with van der Waals surface area (Å²) in [7, 11) is 0. The van der Waals surface area contributed by atoms with Crippen LogP contribution in [0.15, 0.2) is 23.1 Å². The molecule has 1 aliphatic heterocycles. The van der Waals surface area contributed by atoms with E-state index in [2.05, 4.69) is 4.98 Å². The Kier molecular flexibility index (Phi) is 4.79. The maximum atomic E-state index is 12.4. The molecule has 124 valence electrons. The molecule has 2 aliphatic rings. The van der Waals surface area contributed by atoms with Crippen LogP contribution in [0.3, 0.4) is 0 Å². The van der Waals surface area contributed by atoms with Gasteiger partial charge < -0.3 is 14.8 Å². The molecule has 23 heavy (non-hydrogen) atoms. The Hall–Kier alpha value is -2.11. The fourth-order valence-electron chi connectivity index (χ4n) is 3.51. The summed E-state index contributed by atoms with van der Waals surface area (Å²) in [5.74, 6) is 0.501. The molecule has 0 bridgehead atoms. The third-order valence-corrected chi connectivity index (χ3v) is 4.91. The molecule has 1 saturated carbocycles. The lowest BCUT2D eigenvalue weighted by molar-refractivity contribution is -0.133. The lowest BCUT2D eigenvalue weighted by atomic mass is 10.0. The minimum Gasteiger partial charge on any atom is -0.339 e. The van der Waals surface area contributed by atoms with E-state index in [1.54, 1.807) is 17.0 Å². The molecule has 1 aromatic heterocycles. The highest BCUT2D eigenvalue weighted by Gasteiger charge is 2.27. The van der Waals surface area contributed by atoms with Crippen molar-refractivity contribution in [1.29, 1.82) is 0 Å². The number of piperazine rings is 1. The Balaban J connectivity index is 1.53. The van der Waals surface area contributed by atoms with Crippen LogP contribution in [-0.4, -0.2) is 52.8 Å². The third-order valence-electron chi connectivity index (χ3n) is 4.91. The summed E-state index contributed by atoms with van der Waals surface area (Å²) in [6, 6.07) is 3.19.